The highest BCUT2D eigenvalue weighted by atomic mass is 16.5. The summed E-state index contributed by atoms with van der Waals surface area (Å²) in [6.07, 6.45) is 2.60. The van der Waals surface area contributed by atoms with Crippen LogP contribution in [0.5, 0.6) is 5.75 Å². The van der Waals surface area contributed by atoms with Crippen molar-refractivity contribution < 1.29 is 9.26 Å². The summed E-state index contributed by atoms with van der Waals surface area (Å²) in [5.74, 6) is 1.37. The zero-order chi connectivity index (χ0) is 11.1. The van der Waals surface area contributed by atoms with Gasteiger partial charge in [-0.1, -0.05) is 5.16 Å². The molecule has 2 N–H and O–H groups in total. The Morgan fingerprint density at radius 2 is 2.25 bits per heavy atom. The van der Waals surface area contributed by atoms with Crippen molar-refractivity contribution >= 4 is 5.88 Å². The third-order valence-electron chi connectivity index (χ3n) is 2.88. The van der Waals surface area contributed by atoms with E-state index in [4.69, 9.17) is 15.0 Å². The van der Waals surface area contributed by atoms with Gasteiger partial charge in [0.2, 0.25) is 5.88 Å². The van der Waals surface area contributed by atoms with Gasteiger partial charge in [0, 0.05) is 6.42 Å². The van der Waals surface area contributed by atoms with Crippen LogP contribution in [-0.2, 0) is 6.42 Å². The van der Waals surface area contributed by atoms with E-state index in [9.17, 15) is 0 Å². The summed E-state index contributed by atoms with van der Waals surface area (Å²) in [4.78, 5) is 0. The molecule has 4 heteroatoms. The summed E-state index contributed by atoms with van der Waals surface area (Å²) in [6.45, 7) is 2.80. The highest BCUT2D eigenvalue weighted by molar-refractivity contribution is 5.74. The van der Waals surface area contributed by atoms with E-state index < -0.39 is 0 Å². The van der Waals surface area contributed by atoms with E-state index in [1.165, 1.54) is 5.56 Å². The first-order valence-corrected chi connectivity index (χ1v) is 5.22. The second kappa shape index (κ2) is 3.27. The van der Waals surface area contributed by atoms with E-state index in [0.29, 0.717) is 5.88 Å². The summed E-state index contributed by atoms with van der Waals surface area (Å²) in [7, 11) is 0. The Morgan fingerprint density at radius 3 is 3.00 bits per heavy atom. The average Bonchev–Trinajstić information content (AvgIpc) is 2.85. The van der Waals surface area contributed by atoms with E-state index in [1.807, 2.05) is 13.0 Å². The third kappa shape index (κ3) is 1.26. The van der Waals surface area contributed by atoms with E-state index in [1.54, 1.807) is 6.20 Å². The van der Waals surface area contributed by atoms with Crippen LogP contribution >= 0.6 is 0 Å². The number of nitrogen functional groups attached to an aromatic ring is 1. The zero-order valence-corrected chi connectivity index (χ0v) is 8.99. The van der Waals surface area contributed by atoms with Crippen molar-refractivity contribution in [2.45, 2.75) is 13.3 Å². The number of ether oxygens (including phenoxy) is 1. The number of fused-ring (bicyclic) bond motifs is 1. The van der Waals surface area contributed by atoms with Crippen LogP contribution < -0.4 is 10.5 Å². The second-order valence-corrected chi connectivity index (χ2v) is 3.98. The quantitative estimate of drug-likeness (QED) is 0.793. The minimum absolute atomic E-state index is 0.360. The van der Waals surface area contributed by atoms with E-state index in [-0.39, 0.29) is 0 Å². The maximum absolute atomic E-state index is 5.71. The lowest BCUT2D eigenvalue weighted by Gasteiger charge is -2.06. The number of anilines is 1. The van der Waals surface area contributed by atoms with Crippen LogP contribution in [0.4, 0.5) is 5.88 Å². The third-order valence-corrected chi connectivity index (χ3v) is 2.88. The van der Waals surface area contributed by atoms with Crippen LogP contribution in [0.1, 0.15) is 11.1 Å². The number of hydrogen-bond acceptors (Lipinski definition) is 4. The smallest absolute Gasteiger partial charge is 0.229 e. The normalized spacial score (nSPS) is 13.6. The molecule has 4 nitrogen and oxygen atoms in total. The lowest BCUT2D eigenvalue weighted by Crippen LogP contribution is -1.89. The number of hydrogen-bond donors (Lipinski definition) is 1. The van der Waals surface area contributed by atoms with Crippen LogP contribution in [0.3, 0.4) is 0 Å². The Bertz CT molecular complexity index is 546. The molecule has 0 amide bonds. The van der Waals surface area contributed by atoms with Crippen molar-refractivity contribution in [1.29, 1.82) is 0 Å². The van der Waals surface area contributed by atoms with Gasteiger partial charge in [-0.2, -0.15) is 0 Å². The monoisotopic (exact) mass is 216 g/mol. The molecule has 0 aliphatic carbocycles. The van der Waals surface area contributed by atoms with Gasteiger partial charge in [-0.05, 0) is 35.7 Å². The van der Waals surface area contributed by atoms with Crippen LogP contribution in [0.2, 0.25) is 0 Å². The van der Waals surface area contributed by atoms with Crippen molar-refractivity contribution in [2.75, 3.05) is 12.3 Å². The first-order valence-electron chi connectivity index (χ1n) is 5.22. The first kappa shape index (κ1) is 9.27. The van der Waals surface area contributed by atoms with E-state index >= 15 is 0 Å². The minimum atomic E-state index is 0.360. The van der Waals surface area contributed by atoms with Gasteiger partial charge in [-0.15, -0.1) is 0 Å². The summed E-state index contributed by atoms with van der Waals surface area (Å²) >= 11 is 0. The van der Waals surface area contributed by atoms with Crippen molar-refractivity contribution in [3.05, 3.63) is 29.5 Å². The Morgan fingerprint density at radius 1 is 1.38 bits per heavy atom. The average molecular weight is 216 g/mol. The van der Waals surface area contributed by atoms with Gasteiger partial charge in [0.15, 0.2) is 0 Å². The van der Waals surface area contributed by atoms with Gasteiger partial charge in [0.05, 0.1) is 18.4 Å². The molecule has 82 valence electrons. The fourth-order valence-corrected chi connectivity index (χ4v) is 2.12. The molecular weight excluding hydrogens is 204 g/mol. The van der Waals surface area contributed by atoms with Gasteiger partial charge in [-0.3, -0.25) is 0 Å². The van der Waals surface area contributed by atoms with Crippen LogP contribution in [0.25, 0.3) is 11.1 Å². The first-order chi connectivity index (χ1) is 7.75. The molecule has 0 spiro atoms. The Balaban J connectivity index is 2.17. The molecule has 0 saturated heterocycles. The number of rotatable bonds is 1. The molecule has 0 atom stereocenters. The molecule has 1 aromatic heterocycles. The fraction of sp³-hybridized carbons (Fsp3) is 0.250. The highest BCUT2D eigenvalue weighted by Gasteiger charge is 2.17. The molecule has 1 aliphatic rings. The van der Waals surface area contributed by atoms with Gasteiger partial charge in [0.1, 0.15) is 5.75 Å². The summed E-state index contributed by atoms with van der Waals surface area (Å²) in [5.41, 5.74) is 9.96. The van der Waals surface area contributed by atoms with Gasteiger partial charge < -0.3 is 15.0 Å². The Labute approximate surface area is 93.0 Å². The molecule has 0 bridgehead atoms. The van der Waals surface area contributed by atoms with Crippen molar-refractivity contribution in [2.24, 2.45) is 0 Å². The number of aryl methyl sites for hydroxylation is 1. The van der Waals surface area contributed by atoms with Crippen molar-refractivity contribution in [3.63, 3.8) is 0 Å². The number of aromatic nitrogens is 1. The van der Waals surface area contributed by atoms with Crippen molar-refractivity contribution in [1.82, 2.24) is 5.16 Å². The topological polar surface area (TPSA) is 61.3 Å². The molecule has 0 unspecified atom stereocenters. The fourth-order valence-electron chi connectivity index (χ4n) is 2.12. The number of benzene rings is 1. The molecule has 3 rings (SSSR count). The standard InChI is InChI=1S/C12H12N2O2/c1-7-4-9(10-6-14-16-12(10)13)5-8-2-3-15-11(7)8/h4-6H,2-3,13H2,1H3. The van der Waals surface area contributed by atoms with Crippen LogP contribution in [-0.4, -0.2) is 11.8 Å². The van der Waals surface area contributed by atoms with Crippen LogP contribution in [0.15, 0.2) is 22.9 Å². The number of nitrogens with two attached hydrogens (primary N) is 1. The summed E-state index contributed by atoms with van der Waals surface area (Å²) < 4.78 is 10.4. The highest BCUT2D eigenvalue weighted by Crippen LogP contribution is 2.35. The molecule has 0 radical (unpaired) electrons. The maximum Gasteiger partial charge on any atom is 0.229 e. The second-order valence-electron chi connectivity index (χ2n) is 3.98. The largest absolute Gasteiger partial charge is 0.493 e. The maximum atomic E-state index is 5.71. The molecule has 1 aliphatic heterocycles. The Kier molecular flexibility index (Phi) is 1.89. The van der Waals surface area contributed by atoms with Crippen molar-refractivity contribution in [3.8, 4) is 16.9 Å². The lowest BCUT2D eigenvalue weighted by molar-refractivity contribution is 0.354. The van der Waals surface area contributed by atoms with Gasteiger partial charge >= 0.3 is 0 Å². The lowest BCUT2D eigenvalue weighted by atomic mass is 10.0. The zero-order valence-electron chi connectivity index (χ0n) is 8.99. The minimum Gasteiger partial charge on any atom is -0.493 e. The molecular formula is C12H12N2O2. The van der Waals surface area contributed by atoms with Crippen LogP contribution in [0, 0.1) is 6.92 Å². The van der Waals surface area contributed by atoms with Gasteiger partial charge in [-0.25, -0.2) is 0 Å². The summed E-state index contributed by atoms with van der Waals surface area (Å²) in [5, 5.41) is 3.69. The summed E-state index contributed by atoms with van der Waals surface area (Å²) in [6, 6.07) is 4.14. The molecule has 2 heterocycles. The predicted octanol–water partition coefficient (Wildman–Crippen LogP) is 2.17. The number of nitrogens with zero attached hydrogens (tertiary/aromatic N) is 1. The molecule has 0 saturated carbocycles. The SMILES string of the molecule is Cc1cc(-c2cnoc2N)cc2c1OCC2. The molecule has 2 aromatic rings. The van der Waals surface area contributed by atoms with Gasteiger partial charge in [0.25, 0.3) is 0 Å². The van der Waals surface area contributed by atoms with E-state index in [0.717, 1.165) is 35.5 Å². The predicted molar refractivity (Wildman–Crippen MR) is 60.3 cm³/mol. The molecule has 16 heavy (non-hydrogen) atoms. The molecule has 0 fully saturated rings. The Hall–Kier alpha value is -1.97. The van der Waals surface area contributed by atoms with E-state index in [2.05, 4.69) is 11.2 Å². The molecule has 1 aromatic carbocycles.